The summed E-state index contributed by atoms with van der Waals surface area (Å²) >= 11 is 2.55. The number of ether oxygens (including phenoxy) is 1. The van der Waals surface area contributed by atoms with Crippen molar-refractivity contribution in [2.45, 2.75) is 6.92 Å². The summed E-state index contributed by atoms with van der Waals surface area (Å²) in [6.45, 7) is 2.00. The van der Waals surface area contributed by atoms with Crippen molar-refractivity contribution in [3.8, 4) is 0 Å². The van der Waals surface area contributed by atoms with Crippen molar-refractivity contribution in [1.82, 2.24) is 9.97 Å². The van der Waals surface area contributed by atoms with E-state index in [0.717, 1.165) is 0 Å². The molecule has 0 atom stereocenters. The van der Waals surface area contributed by atoms with E-state index >= 15 is 0 Å². The molecular formula is C16H14N4O3S2. The van der Waals surface area contributed by atoms with Crippen LogP contribution in [-0.2, 0) is 4.74 Å². The fraction of sp³-hybridized carbons (Fsp3) is 0.125. The fourth-order valence-electron chi connectivity index (χ4n) is 1.92. The van der Waals surface area contributed by atoms with E-state index in [1.165, 1.54) is 22.7 Å². The highest BCUT2D eigenvalue weighted by Crippen LogP contribution is 2.26. The summed E-state index contributed by atoms with van der Waals surface area (Å²) in [5, 5.41) is 10.1. The van der Waals surface area contributed by atoms with Gasteiger partial charge in [-0.2, -0.15) is 0 Å². The number of nitrogens with one attached hydrogen (secondary N) is 2. The number of amides is 1. The molecule has 3 heterocycles. The van der Waals surface area contributed by atoms with Gasteiger partial charge in [0.25, 0.3) is 5.91 Å². The molecule has 0 saturated carbocycles. The van der Waals surface area contributed by atoms with Gasteiger partial charge in [-0.15, -0.1) is 22.7 Å². The molecule has 0 unspecified atom stereocenters. The third-order valence-corrected chi connectivity index (χ3v) is 4.61. The van der Waals surface area contributed by atoms with E-state index in [1.54, 1.807) is 36.0 Å². The molecule has 2 N–H and O–H groups in total. The van der Waals surface area contributed by atoms with Crippen LogP contribution in [-0.4, -0.2) is 28.5 Å². The highest BCUT2D eigenvalue weighted by atomic mass is 32.1. The van der Waals surface area contributed by atoms with Gasteiger partial charge in [-0.25, -0.2) is 14.8 Å². The van der Waals surface area contributed by atoms with Crippen molar-refractivity contribution in [2.24, 2.45) is 0 Å². The maximum atomic E-state index is 12.4. The van der Waals surface area contributed by atoms with Gasteiger partial charge in [0.1, 0.15) is 16.5 Å². The number of rotatable bonds is 6. The highest BCUT2D eigenvalue weighted by Gasteiger charge is 2.18. The lowest BCUT2D eigenvalue weighted by molar-refractivity contribution is 0.0528. The van der Waals surface area contributed by atoms with Gasteiger partial charge in [0.15, 0.2) is 5.13 Å². The number of carbonyl (C=O) groups is 2. The van der Waals surface area contributed by atoms with Crippen LogP contribution in [0.1, 0.15) is 27.8 Å². The number of nitrogens with zero attached hydrogens (tertiary/aromatic N) is 2. The molecule has 9 heteroatoms. The first-order valence-corrected chi connectivity index (χ1v) is 9.13. The summed E-state index contributed by atoms with van der Waals surface area (Å²) in [7, 11) is 0. The van der Waals surface area contributed by atoms with Gasteiger partial charge in [0.05, 0.1) is 12.2 Å². The molecule has 3 rings (SSSR count). The van der Waals surface area contributed by atoms with Crippen molar-refractivity contribution in [1.29, 1.82) is 0 Å². The van der Waals surface area contributed by atoms with Crippen molar-refractivity contribution < 1.29 is 14.3 Å². The van der Waals surface area contributed by atoms with Crippen molar-refractivity contribution in [2.75, 3.05) is 17.2 Å². The lowest BCUT2D eigenvalue weighted by Gasteiger charge is -2.04. The van der Waals surface area contributed by atoms with Gasteiger partial charge in [-0.1, -0.05) is 6.07 Å². The van der Waals surface area contributed by atoms with Gasteiger partial charge >= 0.3 is 5.97 Å². The molecular weight excluding hydrogens is 360 g/mol. The van der Waals surface area contributed by atoms with Gasteiger partial charge in [-0.3, -0.25) is 4.79 Å². The number of hydrogen-bond acceptors (Lipinski definition) is 8. The molecule has 0 bridgehead atoms. The number of thiophene rings is 1. The van der Waals surface area contributed by atoms with E-state index < -0.39 is 11.9 Å². The molecule has 0 aliphatic heterocycles. The van der Waals surface area contributed by atoms with Crippen molar-refractivity contribution in [3.63, 3.8) is 0 Å². The molecule has 7 nitrogen and oxygen atoms in total. The van der Waals surface area contributed by atoms with Gasteiger partial charge < -0.3 is 15.4 Å². The standard InChI is InChI=1S/C16H14N4O3S2/c1-2-23-15(22)10-6-8-24-14(10)20-13(21)11-9-25-16(18-11)19-12-5-3-4-7-17-12/h3-9H,2H2,1H3,(H,20,21)(H,17,18,19). The van der Waals surface area contributed by atoms with Crippen LogP contribution in [0.15, 0.2) is 41.2 Å². The van der Waals surface area contributed by atoms with E-state index in [2.05, 4.69) is 20.6 Å². The molecule has 0 radical (unpaired) electrons. The molecule has 0 fully saturated rings. The van der Waals surface area contributed by atoms with Crippen molar-refractivity contribution in [3.05, 3.63) is 52.5 Å². The first kappa shape index (κ1) is 17.1. The zero-order valence-electron chi connectivity index (χ0n) is 13.2. The minimum atomic E-state index is -0.463. The second-order valence-corrected chi connectivity index (χ2v) is 6.49. The Morgan fingerprint density at radius 3 is 2.88 bits per heavy atom. The minimum Gasteiger partial charge on any atom is -0.462 e. The van der Waals surface area contributed by atoms with Crippen LogP contribution in [0.5, 0.6) is 0 Å². The summed E-state index contributed by atoms with van der Waals surface area (Å²) in [5.74, 6) is -0.209. The van der Waals surface area contributed by atoms with Crippen LogP contribution in [0, 0.1) is 0 Å². The van der Waals surface area contributed by atoms with Crippen LogP contribution in [0.3, 0.4) is 0 Å². The summed E-state index contributed by atoms with van der Waals surface area (Å²) in [5.41, 5.74) is 0.592. The predicted octanol–water partition coefficient (Wildman–Crippen LogP) is 3.77. The highest BCUT2D eigenvalue weighted by molar-refractivity contribution is 7.15. The Labute approximate surface area is 151 Å². The Balaban J connectivity index is 1.69. The molecule has 128 valence electrons. The average Bonchev–Trinajstić information content (AvgIpc) is 3.25. The molecule has 0 spiro atoms. The first-order chi connectivity index (χ1) is 12.2. The second-order valence-electron chi connectivity index (χ2n) is 4.72. The van der Waals surface area contributed by atoms with Gasteiger partial charge in [-0.05, 0) is 30.5 Å². The maximum absolute atomic E-state index is 12.4. The van der Waals surface area contributed by atoms with Crippen LogP contribution in [0.25, 0.3) is 0 Å². The molecule has 3 aromatic heterocycles. The summed E-state index contributed by atoms with van der Waals surface area (Å²) in [6.07, 6.45) is 1.66. The van der Waals surface area contributed by atoms with E-state index in [9.17, 15) is 9.59 Å². The largest absolute Gasteiger partial charge is 0.462 e. The predicted molar refractivity (Wildman–Crippen MR) is 97.9 cm³/mol. The summed E-state index contributed by atoms with van der Waals surface area (Å²) in [4.78, 5) is 32.6. The van der Waals surface area contributed by atoms with E-state index in [0.29, 0.717) is 21.5 Å². The van der Waals surface area contributed by atoms with Gasteiger partial charge in [0.2, 0.25) is 0 Å². The molecule has 3 aromatic rings. The number of aromatic nitrogens is 2. The lowest BCUT2D eigenvalue weighted by Crippen LogP contribution is -2.14. The summed E-state index contributed by atoms with van der Waals surface area (Å²) in [6, 6.07) is 7.09. The van der Waals surface area contributed by atoms with Crippen LogP contribution in [0.2, 0.25) is 0 Å². The van der Waals surface area contributed by atoms with Crippen molar-refractivity contribution >= 4 is 50.5 Å². The zero-order valence-corrected chi connectivity index (χ0v) is 14.8. The van der Waals surface area contributed by atoms with E-state index in [1.807, 2.05) is 12.1 Å². The van der Waals surface area contributed by atoms with Crippen LogP contribution < -0.4 is 10.6 Å². The molecule has 25 heavy (non-hydrogen) atoms. The lowest BCUT2D eigenvalue weighted by atomic mass is 10.3. The Morgan fingerprint density at radius 1 is 1.24 bits per heavy atom. The first-order valence-electron chi connectivity index (χ1n) is 7.37. The van der Waals surface area contributed by atoms with E-state index in [4.69, 9.17) is 4.74 Å². The minimum absolute atomic E-state index is 0.256. The quantitative estimate of drug-likeness (QED) is 0.638. The van der Waals surface area contributed by atoms with Crippen LogP contribution >= 0.6 is 22.7 Å². The molecule has 1 amide bonds. The molecule has 0 aliphatic carbocycles. The Kier molecular flexibility index (Phi) is 5.36. The number of thiazole rings is 1. The number of anilines is 3. The normalized spacial score (nSPS) is 10.3. The van der Waals surface area contributed by atoms with E-state index in [-0.39, 0.29) is 12.3 Å². The third-order valence-electron chi connectivity index (χ3n) is 3.02. The average molecular weight is 374 g/mol. The number of carbonyl (C=O) groups excluding carboxylic acids is 2. The number of pyridine rings is 1. The Bertz CT molecular complexity index is 876. The molecule has 0 aromatic carbocycles. The summed E-state index contributed by atoms with van der Waals surface area (Å²) < 4.78 is 4.97. The molecule has 0 saturated heterocycles. The van der Waals surface area contributed by atoms with Crippen LogP contribution in [0.4, 0.5) is 16.0 Å². The fourth-order valence-corrected chi connectivity index (χ4v) is 3.39. The Hall–Kier alpha value is -2.78. The number of hydrogen-bond donors (Lipinski definition) is 2. The topological polar surface area (TPSA) is 93.2 Å². The van der Waals surface area contributed by atoms with Gasteiger partial charge in [0, 0.05) is 11.6 Å². The SMILES string of the molecule is CCOC(=O)c1ccsc1NC(=O)c1csc(Nc2ccccn2)n1. The second kappa shape index (κ2) is 7.86. The number of esters is 1. The smallest absolute Gasteiger partial charge is 0.341 e. The monoisotopic (exact) mass is 374 g/mol. The Morgan fingerprint density at radius 2 is 2.12 bits per heavy atom. The molecule has 0 aliphatic rings. The third kappa shape index (κ3) is 4.20. The zero-order chi connectivity index (χ0) is 17.6. The maximum Gasteiger partial charge on any atom is 0.341 e.